The maximum absolute atomic E-state index is 11.9. The molecule has 0 aromatic carbocycles. The van der Waals surface area contributed by atoms with E-state index in [9.17, 15) is 24.6 Å². The van der Waals surface area contributed by atoms with Crippen LogP contribution in [0.5, 0.6) is 0 Å². The molecule has 6 N–H and O–H groups in total. The van der Waals surface area contributed by atoms with E-state index in [0.29, 0.717) is 0 Å². The SMILES string of the molecule is O=c1[nH]c2c(=O)[nH]c(=O)n(C3OC(CO)C(O)C3O)c2[nH]1. The summed E-state index contributed by atoms with van der Waals surface area (Å²) in [6.45, 7) is -0.570. The number of nitrogens with one attached hydrogen (secondary N) is 3. The molecule has 4 unspecified atom stereocenters. The molecule has 11 heteroatoms. The molecular formula is C10H12N4O7. The molecule has 11 nitrogen and oxygen atoms in total. The molecule has 0 spiro atoms. The summed E-state index contributed by atoms with van der Waals surface area (Å²) in [7, 11) is 0. The number of H-pyrrole nitrogens is 3. The molecule has 3 heterocycles. The van der Waals surface area contributed by atoms with Crippen molar-refractivity contribution >= 4 is 11.2 Å². The maximum Gasteiger partial charge on any atom is 0.332 e. The topological polar surface area (TPSA) is 173 Å². The molecule has 1 saturated heterocycles. The molecule has 0 radical (unpaired) electrons. The van der Waals surface area contributed by atoms with Crippen LogP contribution in [-0.2, 0) is 4.74 Å². The summed E-state index contributed by atoms with van der Waals surface area (Å²) in [5.74, 6) is 0. The fraction of sp³-hybridized carbons (Fsp3) is 0.500. The molecule has 4 atom stereocenters. The van der Waals surface area contributed by atoms with Gasteiger partial charge in [-0.1, -0.05) is 0 Å². The molecule has 1 aliphatic rings. The monoisotopic (exact) mass is 300 g/mol. The Kier molecular flexibility index (Phi) is 3.06. The lowest BCUT2D eigenvalue weighted by Gasteiger charge is -2.17. The summed E-state index contributed by atoms with van der Waals surface area (Å²) in [5, 5.41) is 28.7. The summed E-state index contributed by atoms with van der Waals surface area (Å²) in [4.78, 5) is 41.3. The Labute approximate surface area is 114 Å². The molecule has 0 aliphatic carbocycles. The second kappa shape index (κ2) is 4.66. The highest BCUT2D eigenvalue weighted by molar-refractivity contribution is 5.68. The number of nitrogens with zero attached hydrogens (tertiary/aromatic N) is 1. The van der Waals surface area contributed by atoms with Crippen LogP contribution in [0.2, 0.25) is 0 Å². The van der Waals surface area contributed by atoms with E-state index in [0.717, 1.165) is 4.57 Å². The number of fused-ring (bicyclic) bond motifs is 1. The van der Waals surface area contributed by atoms with Gasteiger partial charge in [0.1, 0.15) is 18.3 Å². The Morgan fingerprint density at radius 3 is 2.43 bits per heavy atom. The van der Waals surface area contributed by atoms with Gasteiger partial charge in [-0.2, -0.15) is 0 Å². The van der Waals surface area contributed by atoms with Gasteiger partial charge < -0.3 is 20.1 Å². The van der Waals surface area contributed by atoms with Crippen LogP contribution in [0.1, 0.15) is 6.23 Å². The van der Waals surface area contributed by atoms with Crippen molar-refractivity contribution in [1.29, 1.82) is 0 Å². The maximum atomic E-state index is 11.9. The average Bonchev–Trinajstić information content (AvgIpc) is 2.94. The molecule has 0 saturated carbocycles. The van der Waals surface area contributed by atoms with E-state index in [1.165, 1.54) is 0 Å². The molecule has 2 aromatic heterocycles. The minimum absolute atomic E-state index is 0.177. The zero-order valence-corrected chi connectivity index (χ0v) is 10.4. The van der Waals surface area contributed by atoms with Crippen molar-refractivity contribution in [3.05, 3.63) is 31.3 Å². The van der Waals surface area contributed by atoms with Crippen LogP contribution in [-0.4, -0.2) is 59.8 Å². The fourth-order valence-electron chi connectivity index (χ4n) is 2.38. The van der Waals surface area contributed by atoms with Gasteiger partial charge in [0.15, 0.2) is 17.4 Å². The van der Waals surface area contributed by atoms with E-state index in [-0.39, 0.29) is 11.2 Å². The molecule has 2 aromatic rings. The zero-order chi connectivity index (χ0) is 15.3. The largest absolute Gasteiger partial charge is 0.394 e. The van der Waals surface area contributed by atoms with Gasteiger partial charge in [-0.3, -0.25) is 19.7 Å². The first-order valence-corrected chi connectivity index (χ1v) is 6.03. The summed E-state index contributed by atoms with van der Waals surface area (Å²) in [5.41, 5.74) is -2.84. The molecular weight excluding hydrogens is 288 g/mol. The molecule has 21 heavy (non-hydrogen) atoms. The van der Waals surface area contributed by atoms with Crippen LogP contribution < -0.4 is 16.9 Å². The highest BCUT2D eigenvalue weighted by Crippen LogP contribution is 2.29. The summed E-state index contributed by atoms with van der Waals surface area (Å²) in [6.07, 6.45) is -5.40. The number of imidazole rings is 1. The molecule has 1 fully saturated rings. The third kappa shape index (κ3) is 1.94. The molecule has 0 bridgehead atoms. The molecule has 0 amide bonds. The van der Waals surface area contributed by atoms with Crippen LogP contribution in [0.25, 0.3) is 11.2 Å². The Balaban J connectivity index is 2.24. The third-order valence-corrected chi connectivity index (χ3v) is 3.39. The number of aromatic amines is 3. The highest BCUT2D eigenvalue weighted by atomic mass is 16.6. The molecule has 1 aliphatic heterocycles. The van der Waals surface area contributed by atoms with Gasteiger partial charge in [0, 0.05) is 0 Å². The van der Waals surface area contributed by atoms with E-state index in [1.54, 1.807) is 0 Å². The smallest absolute Gasteiger partial charge is 0.332 e. The average molecular weight is 300 g/mol. The number of ether oxygens (including phenoxy) is 1. The summed E-state index contributed by atoms with van der Waals surface area (Å²) in [6, 6.07) is 0. The van der Waals surface area contributed by atoms with Crippen LogP contribution >= 0.6 is 0 Å². The second-order valence-electron chi connectivity index (χ2n) is 4.66. The Morgan fingerprint density at radius 2 is 1.81 bits per heavy atom. The normalized spacial score (nSPS) is 29.3. The lowest BCUT2D eigenvalue weighted by molar-refractivity contribution is -0.0530. The predicted octanol–water partition coefficient (Wildman–Crippen LogP) is -3.68. The van der Waals surface area contributed by atoms with Gasteiger partial charge in [0.2, 0.25) is 0 Å². The summed E-state index contributed by atoms with van der Waals surface area (Å²) < 4.78 is 6.02. The van der Waals surface area contributed by atoms with Crippen LogP contribution in [0.3, 0.4) is 0 Å². The van der Waals surface area contributed by atoms with Crippen LogP contribution in [0.15, 0.2) is 14.4 Å². The fourth-order valence-corrected chi connectivity index (χ4v) is 2.38. The van der Waals surface area contributed by atoms with Crippen LogP contribution in [0.4, 0.5) is 0 Å². The van der Waals surface area contributed by atoms with Gasteiger partial charge in [-0.05, 0) is 0 Å². The first-order valence-electron chi connectivity index (χ1n) is 6.03. The van der Waals surface area contributed by atoms with Crippen molar-refractivity contribution in [3.63, 3.8) is 0 Å². The third-order valence-electron chi connectivity index (χ3n) is 3.39. The predicted molar refractivity (Wildman–Crippen MR) is 66.8 cm³/mol. The molecule has 3 rings (SSSR count). The Morgan fingerprint density at radius 1 is 1.10 bits per heavy atom. The van der Waals surface area contributed by atoms with E-state index in [2.05, 4.69) is 9.97 Å². The Bertz CT molecular complexity index is 845. The van der Waals surface area contributed by atoms with Crippen molar-refractivity contribution in [3.8, 4) is 0 Å². The Hall–Kier alpha value is -2.21. The van der Waals surface area contributed by atoms with E-state index in [4.69, 9.17) is 9.84 Å². The van der Waals surface area contributed by atoms with Crippen molar-refractivity contribution in [1.82, 2.24) is 19.5 Å². The van der Waals surface area contributed by atoms with Gasteiger partial charge in [0.05, 0.1) is 6.61 Å². The van der Waals surface area contributed by atoms with Crippen LogP contribution in [0, 0.1) is 0 Å². The first kappa shape index (κ1) is 13.8. The second-order valence-corrected chi connectivity index (χ2v) is 4.66. The quantitative estimate of drug-likeness (QED) is 0.331. The number of rotatable bonds is 2. The van der Waals surface area contributed by atoms with Crippen molar-refractivity contribution in [2.24, 2.45) is 0 Å². The van der Waals surface area contributed by atoms with Crippen molar-refractivity contribution < 1.29 is 20.1 Å². The zero-order valence-electron chi connectivity index (χ0n) is 10.4. The number of aromatic nitrogens is 4. The number of aliphatic hydroxyl groups is 3. The number of aliphatic hydroxyl groups excluding tert-OH is 3. The minimum atomic E-state index is -1.52. The van der Waals surface area contributed by atoms with Crippen molar-refractivity contribution in [2.45, 2.75) is 24.5 Å². The van der Waals surface area contributed by atoms with Gasteiger partial charge in [-0.25, -0.2) is 14.2 Å². The van der Waals surface area contributed by atoms with Gasteiger partial charge in [0.25, 0.3) is 5.56 Å². The minimum Gasteiger partial charge on any atom is -0.394 e. The lowest BCUT2D eigenvalue weighted by Crippen LogP contribution is -2.38. The number of hydrogen-bond acceptors (Lipinski definition) is 7. The van der Waals surface area contributed by atoms with E-state index in [1.807, 2.05) is 4.98 Å². The van der Waals surface area contributed by atoms with Gasteiger partial charge in [-0.15, -0.1) is 0 Å². The van der Waals surface area contributed by atoms with Gasteiger partial charge >= 0.3 is 11.4 Å². The summed E-state index contributed by atoms with van der Waals surface area (Å²) >= 11 is 0. The van der Waals surface area contributed by atoms with Crippen molar-refractivity contribution in [2.75, 3.05) is 6.61 Å². The lowest BCUT2D eigenvalue weighted by atomic mass is 10.1. The van der Waals surface area contributed by atoms with E-state index >= 15 is 0 Å². The van der Waals surface area contributed by atoms with E-state index < -0.39 is 48.1 Å². The standard InChI is InChI=1S/C10H12N4O7/c15-1-2-4(16)5(17)8(21-2)14-6-3(11-9(19)12-6)7(18)13-10(14)20/h2,4-5,8,15-17H,1H2,(H2,11,12,19)(H,13,18,20). The first-order chi connectivity index (χ1) is 9.93. The number of hydrogen-bond donors (Lipinski definition) is 6. The molecule has 114 valence electrons. The highest BCUT2D eigenvalue weighted by Gasteiger charge is 2.44.